The summed E-state index contributed by atoms with van der Waals surface area (Å²) in [7, 11) is 0. The van der Waals surface area contributed by atoms with Crippen molar-refractivity contribution in [3.8, 4) is 0 Å². The molecule has 1 atom stereocenters. The molecule has 114 valence electrons. The summed E-state index contributed by atoms with van der Waals surface area (Å²) in [6.45, 7) is 5.49. The maximum absolute atomic E-state index is 13.0. The van der Waals surface area contributed by atoms with Gasteiger partial charge in [0, 0.05) is 31.5 Å². The number of carbonyl (C=O) groups excluding carboxylic acids is 2. The number of carbonyl (C=O) groups is 2. The molecule has 1 aromatic rings. The third kappa shape index (κ3) is 2.13. The normalized spacial score (nSPS) is 26.1. The number of H-pyrrole nitrogens is 1. The van der Waals surface area contributed by atoms with Crippen molar-refractivity contribution >= 4 is 11.8 Å². The number of piperidine rings is 1. The van der Waals surface area contributed by atoms with Gasteiger partial charge in [-0.3, -0.25) is 9.59 Å². The fourth-order valence-corrected chi connectivity index (χ4v) is 3.68. The summed E-state index contributed by atoms with van der Waals surface area (Å²) in [5.74, 6) is 0.281. The average molecular weight is 290 g/mol. The van der Waals surface area contributed by atoms with Crippen LogP contribution in [0.1, 0.15) is 50.1 Å². The zero-order valence-corrected chi connectivity index (χ0v) is 12.6. The molecule has 2 aliphatic heterocycles. The van der Waals surface area contributed by atoms with Gasteiger partial charge in [-0.15, -0.1) is 0 Å². The van der Waals surface area contributed by atoms with Crippen molar-refractivity contribution in [2.45, 2.75) is 51.1 Å². The summed E-state index contributed by atoms with van der Waals surface area (Å²) in [4.78, 5) is 36.2. The Morgan fingerprint density at radius 3 is 2.67 bits per heavy atom. The lowest BCUT2D eigenvalue weighted by Gasteiger charge is -2.45. The number of aromatic nitrogens is 2. The second kappa shape index (κ2) is 5.16. The molecule has 6 heteroatoms. The number of nitrogens with one attached hydrogen (secondary N) is 1. The first kappa shape index (κ1) is 14.1. The van der Waals surface area contributed by atoms with Gasteiger partial charge in [-0.25, -0.2) is 4.98 Å². The summed E-state index contributed by atoms with van der Waals surface area (Å²) in [5.41, 5.74) is -0.646. The van der Waals surface area contributed by atoms with Crippen LogP contribution >= 0.6 is 0 Å². The number of hydrogen-bond acceptors (Lipinski definition) is 3. The highest BCUT2D eigenvalue weighted by molar-refractivity contribution is 5.98. The second-order valence-electron chi connectivity index (χ2n) is 6.23. The highest BCUT2D eigenvalue weighted by Crippen LogP contribution is 2.39. The molecule has 6 nitrogen and oxygen atoms in total. The van der Waals surface area contributed by atoms with E-state index in [9.17, 15) is 9.59 Å². The monoisotopic (exact) mass is 290 g/mol. The van der Waals surface area contributed by atoms with Crippen molar-refractivity contribution in [1.82, 2.24) is 19.8 Å². The van der Waals surface area contributed by atoms with Crippen LogP contribution in [-0.2, 0) is 4.79 Å². The standard InChI is InChI=1S/C15H22N4O2/c1-11(2)18-9-3-5-15(14(18)21)6-4-10-19(15)13(20)12-16-7-8-17-12/h7-8,11H,3-6,9-10H2,1-2H3,(H,16,17). The summed E-state index contributed by atoms with van der Waals surface area (Å²) < 4.78 is 0. The Balaban J connectivity index is 1.91. The zero-order valence-electron chi connectivity index (χ0n) is 12.6. The van der Waals surface area contributed by atoms with Crippen molar-refractivity contribution in [2.75, 3.05) is 13.1 Å². The number of nitrogens with zero attached hydrogens (tertiary/aromatic N) is 3. The molecule has 1 unspecified atom stereocenters. The molecule has 2 aliphatic rings. The Kier molecular flexibility index (Phi) is 3.47. The molecule has 0 aliphatic carbocycles. The van der Waals surface area contributed by atoms with Crippen molar-refractivity contribution in [3.05, 3.63) is 18.2 Å². The fraction of sp³-hybridized carbons (Fsp3) is 0.667. The number of imidazole rings is 1. The number of amides is 2. The van der Waals surface area contributed by atoms with E-state index in [-0.39, 0.29) is 17.9 Å². The highest BCUT2D eigenvalue weighted by atomic mass is 16.2. The lowest BCUT2D eigenvalue weighted by Crippen LogP contribution is -2.62. The molecule has 2 fully saturated rings. The van der Waals surface area contributed by atoms with Gasteiger partial charge in [-0.1, -0.05) is 0 Å². The number of hydrogen-bond donors (Lipinski definition) is 1. The third-order valence-electron chi connectivity index (χ3n) is 4.71. The molecule has 21 heavy (non-hydrogen) atoms. The van der Waals surface area contributed by atoms with Gasteiger partial charge in [0.1, 0.15) is 5.54 Å². The Bertz CT molecular complexity index is 540. The molecule has 0 bridgehead atoms. The van der Waals surface area contributed by atoms with E-state index in [2.05, 4.69) is 9.97 Å². The molecule has 0 saturated carbocycles. The lowest BCUT2D eigenvalue weighted by atomic mass is 9.84. The van der Waals surface area contributed by atoms with Crippen LogP contribution < -0.4 is 0 Å². The minimum atomic E-state index is -0.646. The Labute approximate surface area is 124 Å². The van der Waals surface area contributed by atoms with E-state index in [0.717, 1.165) is 32.2 Å². The van der Waals surface area contributed by atoms with Crippen LogP contribution in [0.4, 0.5) is 0 Å². The van der Waals surface area contributed by atoms with Gasteiger partial charge >= 0.3 is 0 Å². The first-order valence-corrected chi connectivity index (χ1v) is 7.69. The van der Waals surface area contributed by atoms with E-state index in [1.807, 2.05) is 18.7 Å². The van der Waals surface area contributed by atoms with Crippen LogP contribution in [0, 0.1) is 0 Å². The molecule has 3 heterocycles. The van der Waals surface area contributed by atoms with E-state index < -0.39 is 5.54 Å². The van der Waals surface area contributed by atoms with Crippen LogP contribution in [0.25, 0.3) is 0 Å². The minimum absolute atomic E-state index is 0.112. The van der Waals surface area contributed by atoms with E-state index in [4.69, 9.17) is 0 Å². The van der Waals surface area contributed by atoms with Gasteiger partial charge in [0.25, 0.3) is 5.91 Å². The fourth-order valence-electron chi connectivity index (χ4n) is 3.68. The topological polar surface area (TPSA) is 69.3 Å². The molecule has 2 amide bonds. The molecule has 0 radical (unpaired) electrons. The largest absolute Gasteiger partial charge is 0.341 e. The second-order valence-corrected chi connectivity index (χ2v) is 6.23. The number of rotatable bonds is 2. The van der Waals surface area contributed by atoms with Crippen molar-refractivity contribution in [1.29, 1.82) is 0 Å². The molecule has 3 rings (SSSR count). The SMILES string of the molecule is CC(C)N1CCCC2(CCCN2C(=O)c2ncc[nH]2)C1=O. The molecule has 1 N–H and O–H groups in total. The summed E-state index contributed by atoms with van der Waals surface area (Å²) >= 11 is 0. The average Bonchev–Trinajstić information content (AvgIpc) is 3.11. The van der Waals surface area contributed by atoms with E-state index in [1.165, 1.54) is 0 Å². The predicted octanol–water partition coefficient (Wildman–Crippen LogP) is 1.42. The van der Waals surface area contributed by atoms with Crippen molar-refractivity contribution in [3.63, 3.8) is 0 Å². The molecular formula is C15H22N4O2. The number of aromatic amines is 1. The highest BCUT2D eigenvalue weighted by Gasteiger charge is 2.53. The summed E-state index contributed by atoms with van der Waals surface area (Å²) in [6, 6.07) is 0.177. The maximum atomic E-state index is 13.0. The van der Waals surface area contributed by atoms with Gasteiger partial charge in [0.15, 0.2) is 5.82 Å². The van der Waals surface area contributed by atoms with Crippen LogP contribution in [0.3, 0.4) is 0 Å². The van der Waals surface area contributed by atoms with Crippen LogP contribution in [0.2, 0.25) is 0 Å². The van der Waals surface area contributed by atoms with E-state index in [1.54, 1.807) is 17.3 Å². The van der Waals surface area contributed by atoms with Crippen molar-refractivity contribution in [2.24, 2.45) is 0 Å². The first-order valence-electron chi connectivity index (χ1n) is 7.69. The minimum Gasteiger partial charge on any atom is -0.341 e. The lowest BCUT2D eigenvalue weighted by molar-refractivity contribution is -0.147. The van der Waals surface area contributed by atoms with E-state index in [0.29, 0.717) is 12.4 Å². The molecule has 1 spiro atoms. The van der Waals surface area contributed by atoms with E-state index >= 15 is 0 Å². The zero-order chi connectivity index (χ0) is 15.0. The first-order chi connectivity index (χ1) is 10.1. The molecule has 2 saturated heterocycles. The smallest absolute Gasteiger partial charge is 0.290 e. The molecule has 1 aromatic heterocycles. The van der Waals surface area contributed by atoms with Gasteiger partial charge in [0.05, 0.1) is 0 Å². The van der Waals surface area contributed by atoms with Gasteiger partial charge in [-0.05, 0) is 39.5 Å². The van der Waals surface area contributed by atoms with Gasteiger partial charge < -0.3 is 14.8 Å². The van der Waals surface area contributed by atoms with Gasteiger partial charge in [-0.2, -0.15) is 0 Å². The maximum Gasteiger partial charge on any atom is 0.290 e. The quantitative estimate of drug-likeness (QED) is 0.895. The Morgan fingerprint density at radius 1 is 1.33 bits per heavy atom. The van der Waals surface area contributed by atoms with Crippen molar-refractivity contribution < 1.29 is 9.59 Å². The number of likely N-dealkylation sites (tertiary alicyclic amines) is 2. The van der Waals surface area contributed by atoms with Gasteiger partial charge in [0.2, 0.25) is 5.91 Å². The Morgan fingerprint density at radius 2 is 2.05 bits per heavy atom. The van der Waals surface area contributed by atoms with Crippen LogP contribution in [0.5, 0.6) is 0 Å². The Hall–Kier alpha value is -1.85. The summed E-state index contributed by atoms with van der Waals surface area (Å²) in [6.07, 6.45) is 6.57. The summed E-state index contributed by atoms with van der Waals surface area (Å²) in [5, 5.41) is 0. The molecule has 0 aromatic carbocycles. The predicted molar refractivity (Wildman–Crippen MR) is 77.7 cm³/mol. The molecular weight excluding hydrogens is 268 g/mol. The van der Waals surface area contributed by atoms with Crippen LogP contribution in [-0.4, -0.2) is 56.3 Å². The van der Waals surface area contributed by atoms with Crippen LogP contribution in [0.15, 0.2) is 12.4 Å². The third-order valence-corrected chi connectivity index (χ3v) is 4.71.